The quantitative estimate of drug-likeness (QED) is 0.828. The highest BCUT2D eigenvalue weighted by atomic mass is 32.2. The molecule has 2 aromatic rings. The van der Waals surface area contributed by atoms with Crippen molar-refractivity contribution in [1.82, 2.24) is 14.6 Å². The summed E-state index contributed by atoms with van der Waals surface area (Å²) in [6.45, 7) is 0. The van der Waals surface area contributed by atoms with Gasteiger partial charge in [0.05, 0.1) is 0 Å². The van der Waals surface area contributed by atoms with Crippen molar-refractivity contribution in [3.05, 3.63) is 30.2 Å². The van der Waals surface area contributed by atoms with Gasteiger partial charge in [-0.1, -0.05) is 4.49 Å². The predicted molar refractivity (Wildman–Crippen MR) is 63.3 cm³/mol. The molecule has 0 radical (unpaired) electrons. The molecule has 78 valence electrons. The van der Waals surface area contributed by atoms with Crippen molar-refractivity contribution in [3.63, 3.8) is 0 Å². The summed E-state index contributed by atoms with van der Waals surface area (Å²) >= 11 is 3.12. The molecule has 0 spiro atoms. The maximum Gasteiger partial charge on any atom is 0.133 e. The van der Waals surface area contributed by atoms with Crippen LogP contribution in [0, 0.1) is 0 Å². The van der Waals surface area contributed by atoms with E-state index in [-0.39, 0.29) is 0 Å². The Morgan fingerprint density at radius 3 is 2.93 bits per heavy atom. The Balaban J connectivity index is 1.99. The number of nitrogens with one attached hydrogen (secondary N) is 1. The number of aromatic nitrogens is 3. The molecule has 0 saturated heterocycles. The number of hydrogen-bond donors (Lipinski definition) is 1. The van der Waals surface area contributed by atoms with Crippen LogP contribution < -0.4 is 5.32 Å². The topological polar surface area (TPSA) is 50.7 Å². The molecule has 2 rings (SSSR count). The fourth-order valence-corrected chi connectivity index (χ4v) is 2.52. The summed E-state index contributed by atoms with van der Waals surface area (Å²) in [7, 11) is 1.88. The third kappa shape index (κ3) is 2.66. The summed E-state index contributed by atoms with van der Waals surface area (Å²) < 4.78 is 3.91. The van der Waals surface area contributed by atoms with Crippen molar-refractivity contribution in [2.75, 3.05) is 12.4 Å². The zero-order valence-corrected chi connectivity index (χ0v) is 9.81. The Bertz CT molecular complexity index is 415. The Kier molecular flexibility index (Phi) is 3.52. The molecule has 1 N–H and O–H groups in total. The monoisotopic (exact) mass is 238 g/mol. The van der Waals surface area contributed by atoms with E-state index in [9.17, 15) is 0 Å². The van der Waals surface area contributed by atoms with Gasteiger partial charge in [-0.3, -0.25) is 4.98 Å². The van der Waals surface area contributed by atoms with Gasteiger partial charge in [0.2, 0.25) is 0 Å². The van der Waals surface area contributed by atoms with Crippen LogP contribution in [0.4, 0.5) is 5.00 Å². The van der Waals surface area contributed by atoms with Crippen molar-refractivity contribution in [3.8, 4) is 0 Å². The summed E-state index contributed by atoms with van der Waals surface area (Å²) in [4.78, 5) is 5.17. The van der Waals surface area contributed by atoms with E-state index in [2.05, 4.69) is 19.9 Å². The lowest BCUT2D eigenvalue weighted by Gasteiger charge is -2.00. The van der Waals surface area contributed by atoms with Crippen molar-refractivity contribution in [2.45, 2.75) is 10.6 Å². The number of nitrogens with zero attached hydrogens (tertiary/aromatic N) is 3. The minimum Gasteiger partial charge on any atom is -0.377 e. The average Bonchev–Trinajstić information content (AvgIpc) is 2.75. The first-order chi connectivity index (χ1) is 7.40. The van der Waals surface area contributed by atoms with E-state index in [1.807, 2.05) is 19.2 Å². The molecule has 0 aliphatic heterocycles. The van der Waals surface area contributed by atoms with Gasteiger partial charge in [-0.25, -0.2) is 0 Å². The lowest BCUT2D eigenvalue weighted by molar-refractivity contribution is 1.07. The highest BCUT2D eigenvalue weighted by molar-refractivity contribution is 7.98. The van der Waals surface area contributed by atoms with E-state index in [1.165, 1.54) is 16.4 Å². The number of rotatable bonds is 4. The molecule has 0 saturated carbocycles. The molecule has 6 heteroatoms. The second-order valence-corrected chi connectivity index (χ2v) is 4.57. The lowest BCUT2D eigenvalue weighted by atomic mass is 10.5. The number of anilines is 1. The Labute approximate surface area is 96.3 Å². The van der Waals surface area contributed by atoms with Gasteiger partial charge in [0, 0.05) is 41.6 Å². The number of pyridine rings is 1. The minimum absolute atomic E-state index is 0.830. The average molecular weight is 238 g/mol. The first kappa shape index (κ1) is 10.4. The molecular formula is C9H10N4S2. The molecule has 0 fully saturated rings. The third-order valence-corrected chi connectivity index (χ3v) is 3.62. The molecule has 15 heavy (non-hydrogen) atoms. The smallest absolute Gasteiger partial charge is 0.133 e. The Morgan fingerprint density at radius 2 is 2.20 bits per heavy atom. The number of hydrogen-bond acceptors (Lipinski definition) is 6. The predicted octanol–water partition coefficient (Wildman–Crippen LogP) is 2.27. The summed E-state index contributed by atoms with van der Waals surface area (Å²) in [5, 5.41) is 8.19. The molecule has 2 aromatic heterocycles. The number of thioether (sulfide) groups is 1. The van der Waals surface area contributed by atoms with E-state index in [1.54, 1.807) is 24.2 Å². The molecule has 0 aliphatic rings. The SMILES string of the molecule is CNc1snnc1CSc1ccncc1. The molecule has 0 bridgehead atoms. The highest BCUT2D eigenvalue weighted by Crippen LogP contribution is 2.26. The van der Waals surface area contributed by atoms with Gasteiger partial charge in [0.15, 0.2) is 0 Å². The van der Waals surface area contributed by atoms with Crippen LogP contribution in [0.5, 0.6) is 0 Å². The first-order valence-electron chi connectivity index (χ1n) is 4.42. The second kappa shape index (κ2) is 5.09. The van der Waals surface area contributed by atoms with Crippen LogP contribution in [-0.4, -0.2) is 21.6 Å². The van der Waals surface area contributed by atoms with Crippen LogP contribution in [0.25, 0.3) is 0 Å². The largest absolute Gasteiger partial charge is 0.377 e. The molecule has 0 aromatic carbocycles. The standard InChI is InChI=1S/C9H10N4S2/c1-10-9-8(12-13-15-9)6-14-7-2-4-11-5-3-7/h2-5,10H,6H2,1H3. The maximum absolute atomic E-state index is 4.07. The van der Waals surface area contributed by atoms with Crippen LogP contribution in [-0.2, 0) is 5.75 Å². The van der Waals surface area contributed by atoms with Crippen molar-refractivity contribution < 1.29 is 0 Å². The lowest BCUT2D eigenvalue weighted by Crippen LogP contribution is -1.90. The van der Waals surface area contributed by atoms with Gasteiger partial charge < -0.3 is 5.32 Å². The zero-order chi connectivity index (χ0) is 10.5. The van der Waals surface area contributed by atoms with Gasteiger partial charge >= 0.3 is 0 Å². The molecule has 0 atom stereocenters. The molecular weight excluding hydrogens is 228 g/mol. The van der Waals surface area contributed by atoms with Crippen molar-refractivity contribution >= 4 is 28.3 Å². The molecule has 0 amide bonds. The van der Waals surface area contributed by atoms with Gasteiger partial charge in [-0.15, -0.1) is 16.9 Å². The zero-order valence-electron chi connectivity index (χ0n) is 8.17. The Hall–Kier alpha value is -1.14. The Morgan fingerprint density at radius 1 is 1.40 bits per heavy atom. The molecule has 0 aliphatic carbocycles. The maximum atomic E-state index is 4.07. The van der Waals surface area contributed by atoms with E-state index >= 15 is 0 Å². The normalized spacial score (nSPS) is 10.2. The van der Waals surface area contributed by atoms with Crippen LogP contribution in [0.3, 0.4) is 0 Å². The van der Waals surface area contributed by atoms with Gasteiger partial charge in [-0.2, -0.15) is 0 Å². The fourth-order valence-electron chi connectivity index (χ4n) is 1.08. The first-order valence-corrected chi connectivity index (χ1v) is 6.18. The van der Waals surface area contributed by atoms with E-state index in [0.717, 1.165) is 16.4 Å². The summed E-state index contributed by atoms with van der Waals surface area (Å²) in [6.07, 6.45) is 3.58. The second-order valence-electron chi connectivity index (χ2n) is 2.77. The van der Waals surface area contributed by atoms with Gasteiger partial charge in [-0.05, 0) is 12.1 Å². The molecule has 2 heterocycles. The van der Waals surface area contributed by atoms with Crippen LogP contribution in [0.1, 0.15) is 5.69 Å². The van der Waals surface area contributed by atoms with E-state index < -0.39 is 0 Å². The van der Waals surface area contributed by atoms with Crippen LogP contribution in [0.2, 0.25) is 0 Å². The summed E-state index contributed by atoms with van der Waals surface area (Å²) in [5.74, 6) is 0.830. The van der Waals surface area contributed by atoms with Gasteiger partial charge in [0.1, 0.15) is 10.7 Å². The minimum atomic E-state index is 0.830. The molecule has 0 unspecified atom stereocenters. The van der Waals surface area contributed by atoms with Crippen LogP contribution in [0.15, 0.2) is 29.4 Å². The van der Waals surface area contributed by atoms with Gasteiger partial charge in [0.25, 0.3) is 0 Å². The third-order valence-electron chi connectivity index (χ3n) is 1.81. The molecule has 4 nitrogen and oxygen atoms in total. The van der Waals surface area contributed by atoms with Crippen molar-refractivity contribution in [2.24, 2.45) is 0 Å². The fraction of sp³-hybridized carbons (Fsp3) is 0.222. The van der Waals surface area contributed by atoms with Crippen LogP contribution >= 0.6 is 23.3 Å². The van der Waals surface area contributed by atoms with E-state index in [0.29, 0.717) is 0 Å². The highest BCUT2D eigenvalue weighted by Gasteiger charge is 2.06. The van der Waals surface area contributed by atoms with Crippen molar-refractivity contribution in [1.29, 1.82) is 0 Å². The summed E-state index contributed by atoms with van der Waals surface area (Å²) in [5.41, 5.74) is 1.00. The summed E-state index contributed by atoms with van der Waals surface area (Å²) in [6, 6.07) is 3.98. The van der Waals surface area contributed by atoms with E-state index in [4.69, 9.17) is 0 Å².